The van der Waals surface area contributed by atoms with Gasteiger partial charge in [-0.15, -0.1) is 0 Å². The first-order valence-electron chi connectivity index (χ1n) is 4.57. The minimum atomic E-state index is -0.419. The Morgan fingerprint density at radius 3 is 2.83 bits per heavy atom. The summed E-state index contributed by atoms with van der Waals surface area (Å²) in [6.45, 7) is 4.03. The summed E-state index contributed by atoms with van der Waals surface area (Å²) in [6, 6.07) is 0. The predicted molar refractivity (Wildman–Crippen MR) is 41.8 cm³/mol. The molecule has 3 aliphatic rings. The van der Waals surface area contributed by atoms with Crippen molar-refractivity contribution in [1.29, 1.82) is 0 Å². The number of hydrogen-bond donors (Lipinski definition) is 1. The van der Waals surface area contributed by atoms with E-state index in [0.717, 1.165) is 12.8 Å². The first kappa shape index (κ1) is 7.30. The van der Waals surface area contributed by atoms with Gasteiger partial charge in [-0.05, 0) is 13.8 Å². The molecule has 0 aromatic heterocycles. The largest absolute Gasteiger partial charge is 0.390 e. The molecule has 0 spiro atoms. The minimum absolute atomic E-state index is 0.133. The number of aliphatic hydroxyl groups is 1. The molecular formula is C9H14O3. The van der Waals surface area contributed by atoms with E-state index in [1.807, 2.05) is 6.92 Å². The molecule has 12 heavy (non-hydrogen) atoms. The second-order valence-corrected chi connectivity index (χ2v) is 4.75. The molecule has 5 atom stereocenters. The zero-order valence-corrected chi connectivity index (χ0v) is 7.41. The fraction of sp³-hybridized carbons (Fsp3) is 1.00. The summed E-state index contributed by atoms with van der Waals surface area (Å²) in [6.07, 6.45) is 1.87. The van der Waals surface area contributed by atoms with E-state index in [1.54, 1.807) is 0 Å². The fourth-order valence-electron chi connectivity index (χ4n) is 2.85. The molecule has 0 amide bonds. The van der Waals surface area contributed by atoms with Crippen molar-refractivity contribution in [3.63, 3.8) is 0 Å². The highest BCUT2D eigenvalue weighted by Crippen LogP contribution is 2.55. The molecule has 0 saturated carbocycles. The Kier molecular flexibility index (Phi) is 1.04. The molecule has 3 aliphatic heterocycles. The van der Waals surface area contributed by atoms with Crippen LogP contribution in [0.15, 0.2) is 0 Å². The van der Waals surface area contributed by atoms with Crippen LogP contribution in [0.5, 0.6) is 0 Å². The van der Waals surface area contributed by atoms with E-state index < -0.39 is 5.60 Å². The standard InChI is InChI=1S/C9H14O3/c1-8-3-5-7(11-5)9(2,12-8)6(10)4-8/h5-7,10H,3-4H2,1-2H3/t5-,6-,7-,8+,9+/m1/s1. The Hall–Kier alpha value is -0.120. The molecule has 1 N–H and O–H groups in total. The molecule has 0 unspecified atom stereocenters. The second-order valence-electron chi connectivity index (χ2n) is 4.75. The van der Waals surface area contributed by atoms with Gasteiger partial charge >= 0.3 is 0 Å². The van der Waals surface area contributed by atoms with Gasteiger partial charge in [0.15, 0.2) is 0 Å². The average Bonchev–Trinajstić information content (AvgIpc) is 2.61. The molecule has 3 rings (SSSR count). The van der Waals surface area contributed by atoms with E-state index in [1.165, 1.54) is 0 Å². The van der Waals surface area contributed by atoms with Crippen molar-refractivity contribution < 1.29 is 14.6 Å². The summed E-state index contributed by atoms with van der Waals surface area (Å²) in [7, 11) is 0. The Morgan fingerprint density at radius 2 is 2.08 bits per heavy atom. The normalized spacial score (nSPS) is 67.8. The molecule has 3 heterocycles. The van der Waals surface area contributed by atoms with Crippen molar-refractivity contribution in [3.05, 3.63) is 0 Å². The van der Waals surface area contributed by atoms with Gasteiger partial charge < -0.3 is 14.6 Å². The number of rotatable bonds is 0. The third kappa shape index (κ3) is 0.679. The lowest BCUT2D eigenvalue weighted by molar-refractivity contribution is -0.130. The topological polar surface area (TPSA) is 42.0 Å². The SMILES string of the molecule is C[C@]12C[C@@H](O)[C@](C)(O1)[C@@H]1O[C@@H]1C2. The van der Waals surface area contributed by atoms with Gasteiger partial charge in [0.05, 0.1) is 17.8 Å². The lowest BCUT2D eigenvalue weighted by atomic mass is 9.94. The van der Waals surface area contributed by atoms with Crippen molar-refractivity contribution in [2.75, 3.05) is 0 Å². The smallest absolute Gasteiger partial charge is 0.121 e. The van der Waals surface area contributed by atoms with E-state index in [0.29, 0.717) is 6.10 Å². The minimum Gasteiger partial charge on any atom is -0.390 e. The molecule has 3 saturated heterocycles. The van der Waals surface area contributed by atoms with Crippen molar-refractivity contribution in [1.82, 2.24) is 0 Å². The van der Waals surface area contributed by atoms with Gasteiger partial charge in [-0.1, -0.05) is 0 Å². The number of hydrogen-bond acceptors (Lipinski definition) is 3. The van der Waals surface area contributed by atoms with Gasteiger partial charge in [0.1, 0.15) is 11.7 Å². The highest BCUT2D eigenvalue weighted by molar-refractivity contribution is 5.16. The second kappa shape index (κ2) is 1.72. The summed E-state index contributed by atoms with van der Waals surface area (Å²) in [4.78, 5) is 0. The van der Waals surface area contributed by atoms with Crippen LogP contribution in [0.4, 0.5) is 0 Å². The Morgan fingerprint density at radius 1 is 1.33 bits per heavy atom. The summed E-state index contributed by atoms with van der Waals surface area (Å²) >= 11 is 0. The van der Waals surface area contributed by atoms with Crippen LogP contribution in [0.25, 0.3) is 0 Å². The summed E-state index contributed by atoms with van der Waals surface area (Å²) in [5.74, 6) is 0. The summed E-state index contributed by atoms with van der Waals surface area (Å²) in [5, 5.41) is 9.82. The maximum Gasteiger partial charge on any atom is 0.121 e. The maximum atomic E-state index is 9.82. The quantitative estimate of drug-likeness (QED) is 0.537. The van der Waals surface area contributed by atoms with E-state index in [-0.39, 0.29) is 17.8 Å². The van der Waals surface area contributed by atoms with Gasteiger partial charge in [0, 0.05) is 12.8 Å². The lowest BCUT2D eigenvalue weighted by Gasteiger charge is -2.33. The van der Waals surface area contributed by atoms with E-state index in [4.69, 9.17) is 9.47 Å². The van der Waals surface area contributed by atoms with Crippen molar-refractivity contribution in [3.8, 4) is 0 Å². The average molecular weight is 170 g/mol. The first-order valence-corrected chi connectivity index (χ1v) is 4.57. The third-order valence-corrected chi connectivity index (χ3v) is 3.53. The molecule has 2 bridgehead atoms. The Bertz CT molecular complexity index is 242. The number of ether oxygens (including phenoxy) is 2. The van der Waals surface area contributed by atoms with Gasteiger partial charge in [-0.2, -0.15) is 0 Å². The van der Waals surface area contributed by atoms with E-state index in [9.17, 15) is 5.11 Å². The maximum absolute atomic E-state index is 9.82. The molecule has 0 aromatic carbocycles. The van der Waals surface area contributed by atoms with Crippen molar-refractivity contribution in [2.45, 2.75) is 56.2 Å². The number of fused-ring (bicyclic) bond motifs is 4. The monoisotopic (exact) mass is 170 g/mol. The molecule has 3 heteroatoms. The molecule has 3 nitrogen and oxygen atoms in total. The Balaban J connectivity index is 2.02. The van der Waals surface area contributed by atoms with Crippen molar-refractivity contribution >= 4 is 0 Å². The van der Waals surface area contributed by atoms with Crippen LogP contribution in [0.3, 0.4) is 0 Å². The van der Waals surface area contributed by atoms with Crippen LogP contribution < -0.4 is 0 Å². The third-order valence-electron chi connectivity index (χ3n) is 3.53. The summed E-state index contributed by atoms with van der Waals surface area (Å²) in [5.41, 5.74) is -0.552. The van der Waals surface area contributed by atoms with E-state index in [2.05, 4.69) is 6.92 Å². The van der Waals surface area contributed by atoms with Gasteiger partial charge in [0.2, 0.25) is 0 Å². The van der Waals surface area contributed by atoms with Crippen LogP contribution in [0.2, 0.25) is 0 Å². The van der Waals surface area contributed by atoms with Crippen molar-refractivity contribution in [2.24, 2.45) is 0 Å². The molecule has 0 aliphatic carbocycles. The summed E-state index contributed by atoms with van der Waals surface area (Å²) < 4.78 is 11.3. The van der Waals surface area contributed by atoms with E-state index >= 15 is 0 Å². The van der Waals surface area contributed by atoms with Gasteiger partial charge in [0.25, 0.3) is 0 Å². The molecule has 3 fully saturated rings. The molecule has 0 aromatic rings. The highest BCUT2D eigenvalue weighted by atomic mass is 16.7. The van der Waals surface area contributed by atoms with Crippen LogP contribution in [0.1, 0.15) is 26.7 Å². The number of aliphatic hydroxyl groups excluding tert-OH is 1. The molecule has 0 radical (unpaired) electrons. The fourth-order valence-corrected chi connectivity index (χ4v) is 2.85. The van der Waals surface area contributed by atoms with Crippen LogP contribution in [0, 0.1) is 0 Å². The first-order chi connectivity index (χ1) is 5.54. The van der Waals surface area contributed by atoms with Gasteiger partial charge in [-0.3, -0.25) is 0 Å². The molecule has 68 valence electrons. The zero-order chi connectivity index (χ0) is 8.56. The number of epoxide rings is 1. The zero-order valence-electron chi connectivity index (χ0n) is 7.41. The highest BCUT2D eigenvalue weighted by Gasteiger charge is 2.68. The molecular weight excluding hydrogens is 156 g/mol. The van der Waals surface area contributed by atoms with Crippen LogP contribution in [-0.2, 0) is 9.47 Å². The van der Waals surface area contributed by atoms with Crippen LogP contribution >= 0.6 is 0 Å². The predicted octanol–water partition coefficient (Wildman–Crippen LogP) is 0.456. The van der Waals surface area contributed by atoms with Gasteiger partial charge in [-0.25, -0.2) is 0 Å². The van der Waals surface area contributed by atoms with Crippen LogP contribution in [-0.4, -0.2) is 34.6 Å². The lowest BCUT2D eigenvalue weighted by Crippen LogP contribution is -2.46. The Labute approximate surface area is 71.7 Å².